The maximum absolute atomic E-state index is 13.4. The normalized spacial score (nSPS) is 9.64. The summed E-state index contributed by atoms with van der Waals surface area (Å²) in [5.41, 5.74) is 1.19. The summed E-state index contributed by atoms with van der Waals surface area (Å²) in [6, 6.07) is 9.31. The molecule has 0 fully saturated rings. The molecule has 0 aliphatic carbocycles. The molecule has 0 amide bonds. The molecule has 6 heteroatoms. The van der Waals surface area contributed by atoms with Crippen LogP contribution >= 0.6 is 0 Å². The van der Waals surface area contributed by atoms with Crippen molar-refractivity contribution in [3.8, 4) is 23.6 Å². The number of aromatic nitrogens is 4. The van der Waals surface area contributed by atoms with E-state index in [9.17, 15) is 4.39 Å². The van der Waals surface area contributed by atoms with Crippen molar-refractivity contribution in [3.05, 3.63) is 71.8 Å². The third-order valence-corrected chi connectivity index (χ3v) is 2.73. The van der Waals surface area contributed by atoms with Crippen LogP contribution in [0.2, 0.25) is 0 Å². The minimum absolute atomic E-state index is 0.232. The SMILES string of the molecule is N#Cc1cc(F)cc(-n2ccc(C#Cc3ncccn3)n2)c1. The van der Waals surface area contributed by atoms with Crippen molar-refractivity contribution in [3.63, 3.8) is 0 Å². The van der Waals surface area contributed by atoms with E-state index < -0.39 is 5.82 Å². The monoisotopic (exact) mass is 289 g/mol. The van der Waals surface area contributed by atoms with E-state index in [1.54, 1.807) is 36.8 Å². The maximum Gasteiger partial charge on any atom is 0.205 e. The van der Waals surface area contributed by atoms with Gasteiger partial charge in [-0.05, 0) is 42.2 Å². The van der Waals surface area contributed by atoms with Gasteiger partial charge in [-0.15, -0.1) is 0 Å². The molecule has 0 N–H and O–H groups in total. The second-order valence-corrected chi connectivity index (χ2v) is 4.28. The number of hydrogen-bond acceptors (Lipinski definition) is 4. The van der Waals surface area contributed by atoms with E-state index >= 15 is 0 Å². The fourth-order valence-electron chi connectivity index (χ4n) is 1.79. The van der Waals surface area contributed by atoms with Gasteiger partial charge >= 0.3 is 0 Å². The molecule has 0 saturated heterocycles. The van der Waals surface area contributed by atoms with E-state index in [2.05, 4.69) is 26.9 Å². The first-order valence-electron chi connectivity index (χ1n) is 6.30. The van der Waals surface area contributed by atoms with Crippen LogP contribution in [0.25, 0.3) is 5.69 Å². The first-order chi connectivity index (χ1) is 10.7. The summed E-state index contributed by atoms with van der Waals surface area (Å²) >= 11 is 0. The fraction of sp³-hybridized carbons (Fsp3) is 0. The smallest absolute Gasteiger partial charge is 0.205 e. The van der Waals surface area contributed by atoms with Crippen molar-refractivity contribution >= 4 is 0 Å². The minimum atomic E-state index is -0.491. The Kier molecular flexibility index (Phi) is 3.59. The van der Waals surface area contributed by atoms with Crippen molar-refractivity contribution in [1.82, 2.24) is 19.7 Å². The summed E-state index contributed by atoms with van der Waals surface area (Å²) < 4.78 is 14.9. The lowest BCUT2D eigenvalue weighted by Crippen LogP contribution is -1.97. The highest BCUT2D eigenvalue weighted by atomic mass is 19.1. The topological polar surface area (TPSA) is 67.4 Å². The Balaban J connectivity index is 1.90. The molecule has 3 aromatic rings. The highest BCUT2D eigenvalue weighted by molar-refractivity contribution is 5.42. The average molecular weight is 289 g/mol. The largest absolute Gasteiger partial charge is 0.240 e. The van der Waals surface area contributed by atoms with E-state index in [0.29, 0.717) is 17.2 Å². The molecule has 2 heterocycles. The Hall–Kier alpha value is -3.51. The van der Waals surface area contributed by atoms with Crippen LogP contribution in [0.4, 0.5) is 4.39 Å². The van der Waals surface area contributed by atoms with Gasteiger partial charge in [0.2, 0.25) is 5.82 Å². The minimum Gasteiger partial charge on any atom is -0.240 e. The van der Waals surface area contributed by atoms with Crippen LogP contribution in [0.1, 0.15) is 17.1 Å². The quantitative estimate of drug-likeness (QED) is 0.643. The Morgan fingerprint density at radius 2 is 1.91 bits per heavy atom. The molecule has 22 heavy (non-hydrogen) atoms. The van der Waals surface area contributed by atoms with Gasteiger partial charge in [0, 0.05) is 18.6 Å². The van der Waals surface area contributed by atoms with Gasteiger partial charge < -0.3 is 0 Å². The number of nitrogens with zero attached hydrogens (tertiary/aromatic N) is 5. The molecule has 2 aromatic heterocycles. The molecule has 0 bridgehead atoms. The molecule has 0 aliphatic rings. The van der Waals surface area contributed by atoms with Gasteiger partial charge in [-0.1, -0.05) is 0 Å². The zero-order chi connectivity index (χ0) is 15.4. The summed E-state index contributed by atoms with van der Waals surface area (Å²) in [5, 5.41) is 13.1. The summed E-state index contributed by atoms with van der Waals surface area (Å²) in [6.07, 6.45) is 4.85. The molecule has 0 unspecified atom stereocenters. The lowest BCUT2D eigenvalue weighted by Gasteiger charge is -2.01. The number of rotatable bonds is 1. The third-order valence-electron chi connectivity index (χ3n) is 2.73. The predicted molar refractivity (Wildman–Crippen MR) is 76.2 cm³/mol. The van der Waals surface area contributed by atoms with Crippen molar-refractivity contribution in [1.29, 1.82) is 5.26 Å². The van der Waals surface area contributed by atoms with E-state index in [4.69, 9.17) is 5.26 Å². The van der Waals surface area contributed by atoms with Crippen molar-refractivity contribution in [2.24, 2.45) is 0 Å². The Labute approximate surface area is 125 Å². The highest BCUT2D eigenvalue weighted by Gasteiger charge is 2.04. The van der Waals surface area contributed by atoms with E-state index in [1.807, 2.05) is 6.07 Å². The summed E-state index contributed by atoms with van der Waals surface area (Å²) in [7, 11) is 0. The molecule has 0 atom stereocenters. The standard InChI is InChI=1S/C16H8FN5/c17-13-8-12(11-18)9-15(10-13)22-7-4-14(21-22)2-3-16-19-5-1-6-20-16/h1,4-10H. The van der Waals surface area contributed by atoms with Crippen molar-refractivity contribution < 1.29 is 4.39 Å². The molecule has 0 aliphatic heterocycles. The second-order valence-electron chi connectivity index (χ2n) is 4.28. The van der Waals surface area contributed by atoms with Gasteiger partial charge in [0.05, 0.1) is 17.3 Å². The average Bonchev–Trinajstić information content (AvgIpc) is 3.02. The van der Waals surface area contributed by atoms with Crippen LogP contribution in [0.3, 0.4) is 0 Å². The van der Waals surface area contributed by atoms with E-state index in [0.717, 1.165) is 0 Å². The van der Waals surface area contributed by atoms with Gasteiger partial charge in [-0.25, -0.2) is 19.0 Å². The summed E-state index contributed by atoms with van der Waals surface area (Å²) in [4.78, 5) is 7.98. The molecule has 1 aromatic carbocycles. The zero-order valence-electron chi connectivity index (χ0n) is 11.2. The van der Waals surface area contributed by atoms with Crippen LogP contribution in [-0.2, 0) is 0 Å². The summed E-state index contributed by atoms with van der Waals surface area (Å²) in [6.45, 7) is 0. The molecule has 0 saturated carbocycles. The number of nitriles is 1. The van der Waals surface area contributed by atoms with Gasteiger partial charge in [-0.3, -0.25) is 0 Å². The first-order valence-corrected chi connectivity index (χ1v) is 6.30. The first kappa shape index (κ1) is 13.5. The van der Waals surface area contributed by atoms with Gasteiger partial charge in [0.1, 0.15) is 11.5 Å². The molecule has 5 nitrogen and oxygen atoms in total. The number of benzene rings is 1. The molecule has 0 spiro atoms. The van der Waals surface area contributed by atoms with Crippen molar-refractivity contribution in [2.45, 2.75) is 0 Å². The zero-order valence-corrected chi connectivity index (χ0v) is 11.2. The third kappa shape index (κ3) is 2.97. The predicted octanol–water partition coefficient (Wildman–Crippen LogP) is 2.07. The van der Waals surface area contributed by atoms with Gasteiger partial charge in [0.25, 0.3) is 0 Å². The maximum atomic E-state index is 13.4. The lowest BCUT2D eigenvalue weighted by molar-refractivity contribution is 0.625. The Morgan fingerprint density at radius 3 is 2.68 bits per heavy atom. The summed E-state index contributed by atoms with van der Waals surface area (Å²) in [5.74, 6) is 5.52. The van der Waals surface area contributed by atoms with Crippen LogP contribution in [-0.4, -0.2) is 19.7 Å². The van der Waals surface area contributed by atoms with Crippen LogP contribution in [0.5, 0.6) is 0 Å². The highest BCUT2D eigenvalue weighted by Crippen LogP contribution is 2.13. The Morgan fingerprint density at radius 1 is 1.09 bits per heavy atom. The Bertz CT molecular complexity index is 913. The molecule has 0 radical (unpaired) electrons. The molecular weight excluding hydrogens is 281 g/mol. The molecular formula is C16H8FN5. The van der Waals surface area contributed by atoms with E-state index in [-0.39, 0.29) is 5.56 Å². The van der Waals surface area contributed by atoms with Gasteiger partial charge in [0.15, 0.2) is 0 Å². The van der Waals surface area contributed by atoms with Gasteiger partial charge in [-0.2, -0.15) is 10.4 Å². The lowest BCUT2D eigenvalue weighted by atomic mass is 10.2. The number of halogens is 1. The number of hydrogen-bond donors (Lipinski definition) is 0. The fourth-order valence-corrected chi connectivity index (χ4v) is 1.79. The van der Waals surface area contributed by atoms with Crippen LogP contribution in [0, 0.1) is 29.0 Å². The van der Waals surface area contributed by atoms with Crippen LogP contribution < -0.4 is 0 Å². The second kappa shape index (κ2) is 5.86. The van der Waals surface area contributed by atoms with E-state index in [1.165, 1.54) is 16.8 Å². The molecule has 3 rings (SSSR count). The van der Waals surface area contributed by atoms with Crippen LogP contribution in [0.15, 0.2) is 48.9 Å². The van der Waals surface area contributed by atoms with Crippen molar-refractivity contribution in [2.75, 3.05) is 0 Å². The molecule has 104 valence electrons.